The molecule has 1 heterocycles. The van der Waals surface area contributed by atoms with E-state index in [0.717, 1.165) is 25.8 Å². The number of carbonyl (C=O) groups is 1. The zero-order valence-electron chi connectivity index (χ0n) is 7.79. The molecule has 0 aliphatic carbocycles. The monoisotopic (exact) mass is 171 g/mol. The molecule has 1 rings (SSSR count). The van der Waals surface area contributed by atoms with Crippen LogP contribution in [0.3, 0.4) is 0 Å². The minimum Gasteiger partial charge on any atom is -0.481 e. The van der Waals surface area contributed by atoms with Crippen LogP contribution in [0, 0.1) is 5.92 Å². The van der Waals surface area contributed by atoms with E-state index in [1.807, 2.05) is 0 Å². The van der Waals surface area contributed by atoms with Gasteiger partial charge < -0.3 is 10.0 Å². The molecule has 1 N–H and O–H groups in total. The maximum atomic E-state index is 10.7. The first-order valence-electron chi connectivity index (χ1n) is 4.58. The quantitative estimate of drug-likeness (QED) is 0.678. The number of piperidine rings is 1. The highest BCUT2D eigenvalue weighted by Crippen LogP contribution is 2.23. The molecule has 1 saturated heterocycles. The van der Waals surface area contributed by atoms with E-state index in [1.54, 1.807) is 0 Å². The Morgan fingerprint density at radius 2 is 2.33 bits per heavy atom. The van der Waals surface area contributed by atoms with Gasteiger partial charge in [0.15, 0.2) is 0 Å². The van der Waals surface area contributed by atoms with Crippen molar-refractivity contribution in [2.75, 3.05) is 13.6 Å². The van der Waals surface area contributed by atoms with Gasteiger partial charge in [-0.15, -0.1) is 0 Å². The molecule has 12 heavy (non-hydrogen) atoms. The van der Waals surface area contributed by atoms with E-state index in [4.69, 9.17) is 5.11 Å². The molecule has 0 aromatic heterocycles. The number of rotatable bonds is 2. The normalized spacial score (nSPS) is 31.8. The number of hydrogen-bond donors (Lipinski definition) is 1. The zero-order chi connectivity index (χ0) is 9.14. The fraction of sp³-hybridized carbons (Fsp3) is 0.889. The van der Waals surface area contributed by atoms with Gasteiger partial charge in [-0.2, -0.15) is 0 Å². The molecule has 3 heteroatoms. The zero-order valence-corrected chi connectivity index (χ0v) is 7.79. The molecule has 2 atom stereocenters. The smallest absolute Gasteiger partial charge is 0.306 e. The summed E-state index contributed by atoms with van der Waals surface area (Å²) in [5.41, 5.74) is 0. The predicted octanol–water partition coefficient (Wildman–Crippen LogP) is 1.19. The van der Waals surface area contributed by atoms with Crippen LogP contribution in [-0.4, -0.2) is 35.6 Å². The third-order valence-electron chi connectivity index (χ3n) is 2.83. The van der Waals surface area contributed by atoms with Gasteiger partial charge in [-0.05, 0) is 32.9 Å². The molecule has 0 aromatic rings. The van der Waals surface area contributed by atoms with Crippen molar-refractivity contribution in [3.63, 3.8) is 0 Å². The highest BCUT2D eigenvalue weighted by molar-refractivity contribution is 5.70. The second-order valence-corrected chi connectivity index (χ2v) is 3.60. The highest BCUT2D eigenvalue weighted by atomic mass is 16.4. The van der Waals surface area contributed by atoms with E-state index >= 15 is 0 Å². The molecule has 1 aliphatic heterocycles. The molecule has 70 valence electrons. The molecule has 0 aromatic carbocycles. The van der Waals surface area contributed by atoms with Gasteiger partial charge in [0.25, 0.3) is 0 Å². The van der Waals surface area contributed by atoms with E-state index < -0.39 is 5.97 Å². The van der Waals surface area contributed by atoms with E-state index in [9.17, 15) is 4.79 Å². The molecular weight excluding hydrogens is 154 g/mol. The van der Waals surface area contributed by atoms with E-state index in [-0.39, 0.29) is 5.92 Å². The number of carboxylic acid groups (broad SMARTS) is 1. The Kier molecular flexibility index (Phi) is 3.09. The first-order valence-corrected chi connectivity index (χ1v) is 4.58. The Hall–Kier alpha value is -0.570. The summed E-state index contributed by atoms with van der Waals surface area (Å²) in [6, 6.07) is 0.472. The maximum absolute atomic E-state index is 10.7. The molecule has 3 nitrogen and oxygen atoms in total. The minimum atomic E-state index is -0.624. The van der Waals surface area contributed by atoms with E-state index in [1.165, 1.54) is 0 Å². The Morgan fingerprint density at radius 3 is 2.83 bits per heavy atom. The van der Waals surface area contributed by atoms with Crippen LogP contribution in [0.1, 0.15) is 26.2 Å². The van der Waals surface area contributed by atoms with Crippen molar-refractivity contribution in [2.45, 2.75) is 32.2 Å². The Labute approximate surface area is 73.4 Å². The molecule has 0 amide bonds. The van der Waals surface area contributed by atoms with Crippen molar-refractivity contribution >= 4 is 5.97 Å². The summed E-state index contributed by atoms with van der Waals surface area (Å²) < 4.78 is 0. The SMILES string of the molecule is CCC1CC(C(=O)O)CCN1C. The maximum Gasteiger partial charge on any atom is 0.306 e. The summed E-state index contributed by atoms with van der Waals surface area (Å²) in [6.45, 7) is 3.04. The lowest BCUT2D eigenvalue weighted by molar-refractivity contribution is -0.144. The minimum absolute atomic E-state index is 0.105. The van der Waals surface area contributed by atoms with Crippen LogP contribution in [0.25, 0.3) is 0 Å². The van der Waals surface area contributed by atoms with Gasteiger partial charge in [0.1, 0.15) is 0 Å². The third-order valence-corrected chi connectivity index (χ3v) is 2.83. The van der Waals surface area contributed by atoms with Crippen LogP contribution >= 0.6 is 0 Å². The average Bonchev–Trinajstić information content (AvgIpc) is 2.05. The summed E-state index contributed by atoms with van der Waals surface area (Å²) in [4.78, 5) is 13.0. The Bertz CT molecular complexity index is 170. The Morgan fingerprint density at radius 1 is 1.67 bits per heavy atom. The first kappa shape index (κ1) is 9.52. The van der Waals surface area contributed by atoms with Gasteiger partial charge >= 0.3 is 5.97 Å². The standard InChI is InChI=1S/C9H17NO2/c1-3-8-6-7(9(11)12)4-5-10(8)2/h7-8H,3-6H2,1-2H3,(H,11,12). The van der Waals surface area contributed by atoms with Gasteiger partial charge in [-0.3, -0.25) is 4.79 Å². The fourth-order valence-corrected chi connectivity index (χ4v) is 1.87. The number of carboxylic acids is 1. The second kappa shape index (κ2) is 3.90. The highest BCUT2D eigenvalue weighted by Gasteiger charge is 2.28. The fourth-order valence-electron chi connectivity index (χ4n) is 1.87. The molecule has 0 bridgehead atoms. The first-order chi connectivity index (χ1) is 5.65. The van der Waals surface area contributed by atoms with Gasteiger partial charge in [0.05, 0.1) is 5.92 Å². The number of nitrogens with zero attached hydrogens (tertiary/aromatic N) is 1. The van der Waals surface area contributed by atoms with E-state index in [2.05, 4.69) is 18.9 Å². The average molecular weight is 171 g/mol. The summed E-state index contributed by atoms with van der Waals surface area (Å²) in [5.74, 6) is -0.729. The number of aliphatic carboxylic acids is 1. The van der Waals surface area contributed by atoms with Crippen molar-refractivity contribution in [1.82, 2.24) is 4.90 Å². The van der Waals surface area contributed by atoms with Crippen LogP contribution in [0.15, 0.2) is 0 Å². The van der Waals surface area contributed by atoms with Crippen LogP contribution < -0.4 is 0 Å². The largest absolute Gasteiger partial charge is 0.481 e. The van der Waals surface area contributed by atoms with Crippen molar-refractivity contribution in [2.24, 2.45) is 5.92 Å². The molecule has 0 saturated carbocycles. The van der Waals surface area contributed by atoms with Crippen LogP contribution in [0.2, 0.25) is 0 Å². The van der Waals surface area contributed by atoms with Crippen molar-refractivity contribution < 1.29 is 9.90 Å². The number of hydrogen-bond acceptors (Lipinski definition) is 2. The van der Waals surface area contributed by atoms with E-state index in [0.29, 0.717) is 6.04 Å². The van der Waals surface area contributed by atoms with Gasteiger partial charge in [-0.25, -0.2) is 0 Å². The lowest BCUT2D eigenvalue weighted by Gasteiger charge is -2.34. The lowest BCUT2D eigenvalue weighted by atomic mass is 9.90. The predicted molar refractivity (Wildman–Crippen MR) is 47.1 cm³/mol. The molecule has 1 fully saturated rings. The van der Waals surface area contributed by atoms with Gasteiger partial charge in [0.2, 0.25) is 0 Å². The summed E-state index contributed by atoms with van der Waals surface area (Å²) >= 11 is 0. The van der Waals surface area contributed by atoms with Gasteiger partial charge in [-0.1, -0.05) is 6.92 Å². The molecule has 1 aliphatic rings. The summed E-state index contributed by atoms with van der Waals surface area (Å²) in [5, 5.41) is 8.82. The van der Waals surface area contributed by atoms with Crippen LogP contribution in [0.4, 0.5) is 0 Å². The lowest BCUT2D eigenvalue weighted by Crippen LogP contribution is -2.41. The second-order valence-electron chi connectivity index (χ2n) is 3.60. The van der Waals surface area contributed by atoms with Crippen LogP contribution in [0.5, 0.6) is 0 Å². The molecular formula is C9H17NO2. The van der Waals surface area contributed by atoms with Crippen molar-refractivity contribution in [3.8, 4) is 0 Å². The van der Waals surface area contributed by atoms with Gasteiger partial charge in [0, 0.05) is 6.04 Å². The third kappa shape index (κ3) is 1.97. The van der Waals surface area contributed by atoms with Crippen molar-refractivity contribution in [3.05, 3.63) is 0 Å². The Balaban J connectivity index is 2.49. The summed E-state index contributed by atoms with van der Waals surface area (Å²) in [7, 11) is 2.08. The molecule has 0 radical (unpaired) electrons. The summed E-state index contributed by atoms with van der Waals surface area (Å²) in [6.07, 6.45) is 2.69. The topological polar surface area (TPSA) is 40.5 Å². The van der Waals surface area contributed by atoms with Crippen LogP contribution in [-0.2, 0) is 4.79 Å². The molecule has 2 unspecified atom stereocenters. The molecule has 0 spiro atoms. The van der Waals surface area contributed by atoms with Crippen molar-refractivity contribution in [1.29, 1.82) is 0 Å². The number of likely N-dealkylation sites (tertiary alicyclic amines) is 1.